The van der Waals surface area contributed by atoms with E-state index in [1.54, 1.807) is 7.11 Å². The monoisotopic (exact) mass is 227 g/mol. The summed E-state index contributed by atoms with van der Waals surface area (Å²) in [5, 5.41) is 3.81. The second kappa shape index (κ2) is 6.61. The van der Waals surface area contributed by atoms with Crippen molar-refractivity contribution in [1.82, 2.24) is 5.32 Å². The minimum absolute atomic E-state index is 0.507. The zero-order valence-electron chi connectivity index (χ0n) is 11.6. The van der Waals surface area contributed by atoms with Crippen molar-refractivity contribution in [2.24, 2.45) is 17.8 Å². The third-order valence-electron chi connectivity index (χ3n) is 4.33. The minimum atomic E-state index is 0.507. The topological polar surface area (TPSA) is 21.3 Å². The molecule has 0 aromatic heterocycles. The molecule has 0 aromatic rings. The Balaban J connectivity index is 2.46. The smallest absolute Gasteiger partial charge is 0.0618 e. The highest BCUT2D eigenvalue weighted by Crippen LogP contribution is 2.34. The van der Waals surface area contributed by atoms with Crippen LogP contribution in [0.25, 0.3) is 0 Å². The van der Waals surface area contributed by atoms with Crippen molar-refractivity contribution < 1.29 is 4.74 Å². The van der Waals surface area contributed by atoms with Crippen LogP contribution in [0.1, 0.15) is 47.0 Å². The van der Waals surface area contributed by atoms with Gasteiger partial charge in [-0.2, -0.15) is 0 Å². The maximum Gasteiger partial charge on any atom is 0.0618 e. The van der Waals surface area contributed by atoms with E-state index >= 15 is 0 Å². The molecule has 1 rings (SSSR count). The predicted molar refractivity (Wildman–Crippen MR) is 69.6 cm³/mol. The van der Waals surface area contributed by atoms with Gasteiger partial charge in [-0.05, 0) is 30.6 Å². The van der Waals surface area contributed by atoms with Gasteiger partial charge >= 0.3 is 0 Å². The fourth-order valence-corrected chi connectivity index (χ4v) is 2.95. The Morgan fingerprint density at radius 3 is 2.44 bits per heavy atom. The van der Waals surface area contributed by atoms with Gasteiger partial charge in [0.25, 0.3) is 0 Å². The van der Waals surface area contributed by atoms with Crippen molar-refractivity contribution in [2.75, 3.05) is 13.7 Å². The molecule has 0 bridgehead atoms. The third kappa shape index (κ3) is 3.46. The summed E-state index contributed by atoms with van der Waals surface area (Å²) in [6.07, 6.45) is 4.07. The first-order valence-corrected chi connectivity index (χ1v) is 6.85. The summed E-state index contributed by atoms with van der Waals surface area (Å²) in [4.78, 5) is 0. The van der Waals surface area contributed by atoms with E-state index in [1.807, 2.05) is 0 Å². The van der Waals surface area contributed by atoms with Crippen molar-refractivity contribution in [1.29, 1.82) is 0 Å². The summed E-state index contributed by atoms with van der Waals surface area (Å²) in [6.45, 7) is 10.1. The van der Waals surface area contributed by atoms with Gasteiger partial charge in [-0.15, -0.1) is 0 Å². The maximum atomic E-state index is 5.30. The number of ether oxygens (including phenoxy) is 1. The summed E-state index contributed by atoms with van der Waals surface area (Å²) < 4.78 is 5.30. The standard InChI is InChI=1S/C14H29NO/c1-6-12-7-8-13(11(12)4)15-14(9-16-5)10(2)3/h10-15H,6-9H2,1-5H3. The second-order valence-electron chi connectivity index (χ2n) is 5.68. The molecule has 4 atom stereocenters. The van der Waals surface area contributed by atoms with Gasteiger partial charge in [-0.3, -0.25) is 0 Å². The molecule has 2 nitrogen and oxygen atoms in total. The van der Waals surface area contributed by atoms with Crippen LogP contribution in [0.2, 0.25) is 0 Å². The highest BCUT2D eigenvalue weighted by atomic mass is 16.5. The van der Waals surface area contributed by atoms with Gasteiger partial charge in [0.05, 0.1) is 6.61 Å². The zero-order chi connectivity index (χ0) is 12.1. The first kappa shape index (κ1) is 14.0. The van der Waals surface area contributed by atoms with Crippen LogP contribution in [0.15, 0.2) is 0 Å². The van der Waals surface area contributed by atoms with E-state index in [-0.39, 0.29) is 0 Å². The molecule has 0 aromatic carbocycles. The fourth-order valence-electron chi connectivity index (χ4n) is 2.95. The lowest BCUT2D eigenvalue weighted by atomic mass is 9.92. The Labute approximate surface area is 101 Å². The first-order valence-electron chi connectivity index (χ1n) is 6.85. The minimum Gasteiger partial charge on any atom is -0.383 e. The largest absolute Gasteiger partial charge is 0.383 e. The molecule has 0 saturated heterocycles. The van der Waals surface area contributed by atoms with E-state index in [4.69, 9.17) is 4.74 Å². The van der Waals surface area contributed by atoms with E-state index in [2.05, 4.69) is 33.0 Å². The first-order chi connectivity index (χ1) is 7.60. The van der Waals surface area contributed by atoms with Crippen LogP contribution in [0.5, 0.6) is 0 Å². The van der Waals surface area contributed by atoms with E-state index in [1.165, 1.54) is 19.3 Å². The molecular formula is C14H29NO. The molecule has 0 radical (unpaired) electrons. The van der Waals surface area contributed by atoms with Crippen LogP contribution >= 0.6 is 0 Å². The number of hydrogen-bond acceptors (Lipinski definition) is 2. The van der Waals surface area contributed by atoms with Crippen LogP contribution < -0.4 is 5.32 Å². The number of nitrogens with one attached hydrogen (secondary N) is 1. The van der Waals surface area contributed by atoms with Gasteiger partial charge in [0.15, 0.2) is 0 Å². The van der Waals surface area contributed by atoms with Gasteiger partial charge in [-0.25, -0.2) is 0 Å². The Hall–Kier alpha value is -0.0800. The molecule has 16 heavy (non-hydrogen) atoms. The highest BCUT2D eigenvalue weighted by Gasteiger charge is 2.33. The van der Waals surface area contributed by atoms with Crippen LogP contribution in [-0.2, 0) is 4.74 Å². The number of hydrogen-bond donors (Lipinski definition) is 1. The van der Waals surface area contributed by atoms with Gasteiger partial charge in [0.2, 0.25) is 0 Å². The quantitative estimate of drug-likeness (QED) is 0.753. The Morgan fingerprint density at radius 1 is 1.31 bits per heavy atom. The lowest BCUT2D eigenvalue weighted by Crippen LogP contribution is -2.45. The molecule has 0 aliphatic heterocycles. The molecule has 1 fully saturated rings. The molecule has 0 spiro atoms. The van der Waals surface area contributed by atoms with Crippen LogP contribution in [0, 0.1) is 17.8 Å². The van der Waals surface area contributed by atoms with Crippen LogP contribution in [0.4, 0.5) is 0 Å². The summed E-state index contributed by atoms with van der Waals surface area (Å²) in [5.74, 6) is 2.39. The lowest BCUT2D eigenvalue weighted by Gasteiger charge is -2.29. The molecule has 0 heterocycles. The van der Waals surface area contributed by atoms with E-state index in [0.29, 0.717) is 18.0 Å². The molecule has 1 aliphatic rings. The molecule has 1 saturated carbocycles. The Morgan fingerprint density at radius 2 is 2.00 bits per heavy atom. The van der Waals surface area contributed by atoms with Gasteiger partial charge in [0.1, 0.15) is 0 Å². The Bertz CT molecular complexity index is 193. The molecule has 0 amide bonds. The molecule has 2 heteroatoms. The molecular weight excluding hydrogens is 198 g/mol. The third-order valence-corrected chi connectivity index (χ3v) is 4.33. The van der Waals surface area contributed by atoms with Gasteiger partial charge < -0.3 is 10.1 Å². The van der Waals surface area contributed by atoms with Gasteiger partial charge in [-0.1, -0.05) is 34.1 Å². The molecule has 96 valence electrons. The fraction of sp³-hybridized carbons (Fsp3) is 1.00. The van der Waals surface area contributed by atoms with Gasteiger partial charge in [0, 0.05) is 19.2 Å². The zero-order valence-corrected chi connectivity index (χ0v) is 11.6. The molecule has 1 N–H and O–H groups in total. The van der Waals surface area contributed by atoms with Crippen molar-refractivity contribution in [2.45, 2.75) is 59.0 Å². The SMILES string of the molecule is CCC1CCC(NC(COC)C(C)C)C1C. The van der Waals surface area contributed by atoms with E-state index in [9.17, 15) is 0 Å². The Kier molecular flexibility index (Phi) is 5.77. The normalized spacial score (nSPS) is 32.2. The predicted octanol–water partition coefficient (Wildman–Crippen LogP) is 3.07. The molecule has 4 unspecified atom stereocenters. The summed E-state index contributed by atoms with van der Waals surface area (Å²) >= 11 is 0. The average molecular weight is 227 g/mol. The van der Waals surface area contributed by atoms with E-state index < -0.39 is 0 Å². The maximum absolute atomic E-state index is 5.30. The molecule has 1 aliphatic carbocycles. The van der Waals surface area contributed by atoms with Crippen LogP contribution in [0.3, 0.4) is 0 Å². The number of methoxy groups -OCH3 is 1. The van der Waals surface area contributed by atoms with Crippen molar-refractivity contribution in [3.8, 4) is 0 Å². The van der Waals surface area contributed by atoms with E-state index in [0.717, 1.165) is 18.4 Å². The number of rotatable bonds is 6. The van der Waals surface area contributed by atoms with Crippen molar-refractivity contribution in [3.05, 3.63) is 0 Å². The second-order valence-corrected chi connectivity index (χ2v) is 5.68. The average Bonchev–Trinajstić information content (AvgIpc) is 2.59. The highest BCUT2D eigenvalue weighted by molar-refractivity contribution is 4.89. The summed E-state index contributed by atoms with van der Waals surface area (Å²) in [5.41, 5.74) is 0. The summed E-state index contributed by atoms with van der Waals surface area (Å²) in [6, 6.07) is 1.21. The van der Waals surface area contributed by atoms with Crippen molar-refractivity contribution >= 4 is 0 Å². The lowest BCUT2D eigenvalue weighted by molar-refractivity contribution is 0.135. The van der Waals surface area contributed by atoms with Crippen molar-refractivity contribution in [3.63, 3.8) is 0 Å². The van der Waals surface area contributed by atoms with Crippen LogP contribution in [-0.4, -0.2) is 25.8 Å². The summed E-state index contributed by atoms with van der Waals surface area (Å²) in [7, 11) is 1.80.